The van der Waals surface area contributed by atoms with Crippen LogP contribution >= 0.6 is 0 Å². The van der Waals surface area contributed by atoms with Gasteiger partial charge in [-0.15, -0.1) is 0 Å². The molecule has 2 amide bonds. The smallest absolute Gasteiger partial charge is 0.422 e. The third-order valence-corrected chi connectivity index (χ3v) is 7.48. The second kappa shape index (κ2) is 10.2. The number of sulfone groups is 1. The molecular formula is C25H31F3N4O5S. The van der Waals surface area contributed by atoms with E-state index in [0.29, 0.717) is 35.6 Å². The number of carbonyl (C=O) groups excluding carboxylic acids is 2. The van der Waals surface area contributed by atoms with E-state index in [-0.39, 0.29) is 23.7 Å². The molecule has 38 heavy (non-hydrogen) atoms. The van der Waals surface area contributed by atoms with Crippen molar-refractivity contribution < 1.29 is 35.9 Å². The number of amides is 2. The summed E-state index contributed by atoms with van der Waals surface area (Å²) in [4.78, 5) is 25.9. The number of rotatable bonds is 10. The Hall–Kier alpha value is -3.09. The minimum atomic E-state index is -4.46. The number of anilines is 1. The first kappa shape index (κ1) is 27.9. The maximum Gasteiger partial charge on any atom is 0.422 e. The van der Waals surface area contributed by atoms with E-state index in [1.807, 2.05) is 6.92 Å². The zero-order valence-corrected chi connectivity index (χ0v) is 22.3. The van der Waals surface area contributed by atoms with Gasteiger partial charge in [0.15, 0.2) is 16.4 Å². The lowest BCUT2D eigenvalue weighted by molar-refractivity contribution is -0.153. The lowest BCUT2D eigenvalue weighted by atomic mass is 9.85. The van der Waals surface area contributed by atoms with E-state index < -0.39 is 45.7 Å². The number of ether oxygens (including phenoxy) is 1. The standard InChI is InChI=1S/C25H31F3N4O5S/c1-4-16-11-17(37-14-25(26,27)28)8-9-18(16)24(2)13-32-22(23(34)30-24)21(29-20(33)12-38(3,35)36)19(31-32)10-7-15-5-6-15/h8-9,11,15H,4-7,10,12-14H2,1-3H3,(H,29,33)(H,30,34)/t24-/m1/s1. The molecule has 1 aromatic carbocycles. The number of nitrogens with one attached hydrogen (secondary N) is 2. The summed E-state index contributed by atoms with van der Waals surface area (Å²) in [7, 11) is -3.58. The molecule has 0 spiro atoms. The van der Waals surface area contributed by atoms with E-state index in [9.17, 15) is 31.2 Å². The third kappa shape index (κ3) is 6.66. The van der Waals surface area contributed by atoms with Crippen molar-refractivity contribution in [2.75, 3.05) is 23.9 Å². The molecule has 1 aliphatic heterocycles. The predicted molar refractivity (Wildman–Crippen MR) is 134 cm³/mol. The van der Waals surface area contributed by atoms with Crippen molar-refractivity contribution in [3.05, 3.63) is 40.7 Å². The molecule has 208 valence electrons. The Balaban J connectivity index is 1.65. The van der Waals surface area contributed by atoms with Gasteiger partial charge in [0.25, 0.3) is 5.91 Å². The molecule has 0 saturated heterocycles. The van der Waals surface area contributed by atoms with Crippen LogP contribution in [0.15, 0.2) is 18.2 Å². The molecule has 2 heterocycles. The number of hydrogen-bond donors (Lipinski definition) is 2. The number of carbonyl (C=O) groups is 2. The largest absolute Gasteiger partial charge is 0.484 e. The average molecular weight is 557 g/mol. The molecule has 2 aliphatic rings. The Labute approximate surface area is 219 Å². The zero-order valence-electron chi connectivity index (χ0n) is 21.4. The van der Waals surface area contributed by atoms with Crippen LogP contribution in [0.25, 0.3) is 0 Å². The Bertz CT molecular complexity index is 1350. The number of nitrogens with zero attached hydrogens (tertiary/aromatic N) is 2. The van der Waals surface area contributed by atoms with Crippen molar-refractivity contribution in [1.82, 2.24) is 15.1 Å². The van der Waals surface area contributed by atoms with Crippen LogP contribution in [0.1, 0.15) is 60.4 Å². The first-order chi connectivity index (χ1) is 17.7. The van der Waals surface area contributed by atoms with Gasteiger partial charge < -0.3 is 15.4 Å². The van der Waals surface area contributed by atoms with Gasteiger partial charge in [0.2, 0.25) is 5.91 Å². The van der Waals surface area contributed by atoms with Crippen molar-refractivity contribution >= 4 is 27.3 Å². The quantitative estimate of drug-likeness (QED) is 0.463. The number of aromatic nitrogens is 2. The van der Waals surface area contributed by atoms with Gasteiger partial charge >= 0.3 is 6.18 Å². The SMILES string of the molecule is CCc1cc(OCC(F)(F)F)ccc1[C@@]1(C)Cn2nc(CCC3CC3)c(NC(=O)CS(C)(=O)=O)c2C(=O)N1. The van der Waals surface area contributed by atoms with Gasteiger partial charge in [0.1, 0.15) is 17.2 Å². The van der Waals surface area contributed by atoms with E-state index in [1.165, 1.54) is 16.8 Å². The number of hydrogen-bond acceptors (Lipinski definition) is 6. The van der Waals surface area contributed by atoms with Crippen LogP contribution in [0.4, 0.5) is 18.9 Å². The highest BCUT2D eigenvalue weighted by molar-refractivity contribution is 7.91. The molecular weight excluding hydrogens is 525 g/mol. The van der Waals surface area contributed by atoms with Crippen LogP contribution in [0.5, 0.6) is 5.75 Å². The molecule has 2 N–H and O–H groups in total. The van der Waals surface area contributed by atoms with E-state index >= 15 is 0 Å². The second-order valence-corrected chi connectivity index (χ2v) is 12.4. The van der Waals surface area contributed by atoms with Gasteiger partial charge in [0, 0.05) is 6.26 Å². The van der Waals surface area contributed by atoms with Gasteiger partial charge in [-0.05, 0) is 55.4 Å². The van der Waals surface area contributed by atoms with E-state index in [0.717, 1.165) is 25.5 Å². The van der Waals surface area contributed by atoms with Gasteiger partial charge in [-0.25, -0.2) is 8.42 Å². The fourth-order valence-corrected chi connectivity index (χ4v) is 5.33. The fourth-order valence-electron chi connectivity index (χ4n) is 4.78. The highest BCUT2D eigenvalue weighted by Crippen LogP contribution is 2.38. The van der Waals surface area contributed by atoms with E-state index in [2.05, 4.69) is 15.7 Å². The molecule has 0 unspecified atom stereocenters. The molecule has 9 nitrogen and oxygen atoms in total. The average Bonchev–Trinajstić information content (AvgIpc) is 3.56. The predicted octanol–water partition coefficient (Wildman–Crippen LogP) is 3.37. The van der Waals surface area contributed by atoms with Crippen molar-refractivity contribution in [1.29, 1.82) is 0 Å². The molecule has 2 aromatic rings. The maximum atomic E-state index is 13.4. The normalized spacial score (nSPS) is 19.6. The molecule has 1 atom stereocenters. The van der Waals surface area contributed by atoms with Crippen molar-refractivity contribution in [2.24, 2.45) is 5.92 Å². The van der Waals surface area contributed by atoms with Crippen molar-refractivity contribution in [3.8, 4) is 5.75 Å². The summed E-state index contributed by atoms with van der Waals surface area (Å²) in [6, 6.07) is 4.62. The topological polar surface area (TPSA) is 119 Å². The van der Waals surface area contributed by atoms with Crippen LogP contribution < -0.4 is 15.4 Å². The molecule has 1 saturated carbocycles. The van der Waals surface area contributed by atoms with Crippen LogP contribution in [0, 0.1) is 5.92 Å². The van der Waals surface area contributed by atoms with Gasteiger partial charge in [-0.3, -0.25) is 14.3 Å². The molecule has 0 radical (unpaired) electrons. The Kier molecular flexibility index (Phi) is 7.52. The lowest BCUT2D eigenvalue weighted by Gasteiger charge is -2.37. The molecule has 1 fully saturated rings. The second-order valence-electron chi connectivity index (χ2n) is 10.3. The van der Waals surface area contributed by atoms with Gasteiger partial charge in [-0.1, -0.05) is 25.8 Å². The van der Waals surface area contributed by atoms with Crippen molar-refractivity contribution in [3.63, 3.8) is 0 Å². The molecule has 0 bridgehead atoms. The number of alkyl halides is 3. The maximum absolute atomic E-state index is 13.4. The number of aryl methyl sites for hydroxylation is 2. The highest BCUT2D eigenvalue weighted by Gasteiger charge is 2.41. The zero-order chi connectivity index (χ0) is 27.9. The Morgan fingerprint density at radius 1 is 1.32 bits per heavy atom. The van der Waals surface area contributed by atoms with Crippen LogP contribution in [0.2, 0.25) is 0 Å². The fraction of sp³-hybridized carbons (Fsp3) is 0.560. The summed E-state index contributed by atoms with van der Waals surface area (Å²) in [6.45, 7) is 2.44. The highest BCUT2D eigenvalue weighted by atomic mass is 32.2. The molecule has 4 rings (SSSR count). The number of halogens is 3. The monoisotopic (exact) mass is 556 g/mol. The molecule has 1 aliphatic carbocycles. The molecule has 13 heteroatoms. The lowest BCUT2D eigenvalue weighted by Crippen LogP contribution is -2.52. The van der Waals surface area contributed by atoms with Crippen LogP contribution in [0.3, 0.4) is 0 Å². The van der Waals surface area contributed by atoms with E-state index in [4.69, 9.17) is 4.74 Å². The Morgan fingerprint density at radius 2 is 2.03 bits per heavy atom. The summed E-state index contributed by atoms with van der Waals surface area (Å²) in [5.74, 6) is -1.33. The summed E-state index contributed by atoms with van der Waals surface area (Å²) in [5.41, 5.74) is 1.32. The first-order valence-corrected chi connectivity index (χ1v) is 14.5. The summed E-state index contributed by atoms with van der Waals surface area (Å²) >= 11 is 0. The van der Waals surface area contributed by atoms with Crippen LogP contribution in [-0.4, -0.2) is 54.8 Å². The number of benzene rings is 1. The van der Waals surface area contributed by atoms with E-state index in [1.54, 1.807) is 13.0 Å². The van der Waals surface area contributed by atoms with Gasteiger partial charge in [-0.2, -0.15) is 18.3 Å². The summed E-state index contributed by atoms with van der Waals surface area (Å²) < 4.78 is 67.5. The third-order valence-electron chi connectivity index (χ3n) is 6.69. The first-order valence-electron chi connectivity index (χ1n) is 12.4. The minimum absolute atomic E-state index is 0.0756. The van der Waals surface area contributed by atoms with Crippen LogP contribution in [-0.2, 0) is 39.6 Å². The summed E-state index contributed by atoms with van der Waals surface area (Å²) in [6.07, 6.45) is 0.565. The molecule has 1 aromatic heterocycles. The van der Waals surface area contributed by atoms with Crippen molar-refractivity contribution in [2.45, 2.75) is 64.2 Å². The van der Waals surface area contributed by atoms with Gasteiger partial charge in [0.05, 0.1) is 23.5 Å². The Morgan fingerprint density at radius 3 is 2.63 bits per heavy atom. The number of fused-ring (bicyclic) bond motifs is 1. The summed E-state index contributed by atoms with van der Waals surface area (Å²) in [5, 5.41) is 10.2. The minimum Gasteiger partial charge on any atom is -0.484 e.